The maximum atomic E-state index is 12.2. The fourth-order valence-corrected chi connectivity index (χ4v) is 3.19. The van der Waals surface area contributed by atoms with E-state index in [-0.39, 0.29) is 12.0 Å². The van der Waals surface area contributed by atoms with Crippen molar-refractivity contribution in [2.45, 2.75) is 18.9 Å². The Bertz CT molecular complexity index is 437. The van der Waals surface area contributed by atoms with Gasteiger partial charge in [0.1, 0.15) is 0 Å². The van der Waals surface area contributed by atoms with Gasteiger partial charge in [-0.05, 0) is 47.0 Å². The number of β-amino-alcohol motifs (C(OH)–C–C–N with tert-alkyl or cyclic N) is 1. The van der Waals surface area contributed by atoms with Gasteiger partial charge in [-0.3, -0.25) is 4.79 Å². The largest absolute Gasteiger partial charge is 0.391 e. The first kappa shape index (κ1) is 13.1. The van der Waals surface area contributed by atoms with Crippen LogP contribution in [0.5, 0.6) is 0 Å². The van der Waals surface area contributed by atoms with Crippen LogP contribution in [0.25, 0.3) is 0 Å². The summed E-state index contributed by atoms with van der Waals surface area (Å²) in [7, 11) is 0. The second-order valence-corrected chi connectivity index (χ2v) is 5.94. The molecule has 0 unspecified atom stereocenters. The van der Waals surface area contributed by atoms with Crippen LogP contribution in [-0.2, 0) is 0 Å². The van der Waals surface area contributed by atoms with E-state index in [0.29, 0.717) is 12.1 Å². The molecule has 1 aliphatic rings. The summed E-state index contributed by atoms with van der Waals surface area (Å²) in [4.78, 5) is 14.0. The highest BCUT2D eigenvalue weighted by Gasteiger charge is 2.24. The van der Waals surface area contributed by atoms with E-state index in [1.54, 1.807) is 11.0 Å². The number of carbonyl (C=O) groups excluding carboxylic acids is 1. The number of rotatable bonds is 1. The molecule has 0 spiro atoms. The predicted octanol–water partition coefficient (Wildman–Crippen LogP) is 2.81. The highest BCUT2D eigenvalue weighted by atomic mass is 79.9. The Balaban J connectivity index is 2.18. The molecule has 1 aliphatic heterocycles. The predicted molar refractivity (Wildman–Crippen MR) is 73.0 cm³/mol. The lowest BCUT2D eigenvalue weighted by Gasteiger charge is -2.30. The van der Waals surface area contributed by atoms with Gasteiger partial charge >= 0.3 is 0 Å². The topological polar surface area (TPSA) is 40.5 Å². The van der Waals surface area contributed by atoms with Crippen molar-refractivity contribution >= 4 is 37.8 Å². The molecule has 0 aliphatic carbocycles. The minimum atomic E-state index is -0.387. The molecule has 0 bridgehead atoms. The Hall–Kier alpha value is -0.390. The summed E-state index contributed by atoms with van der Waals surface area (Å²) in [5.74, 6) is -0.0249. The minimum Gasteiger partial charge on any atom is -0.391 e. The van der Waals surface area contributed by atoms with Gasteiger partial charge < -0.3 is 10.0 Å². The Morgan fingerprint density at radius 1 is 1.41 bits per heavy atom. The molecule has 1 heterocycles. The fourth-order valence-electron chi connectivity index (χ4n) is 1.97. The van der Waals surface area contributed by atoms with Crippen molar-refractivity contribution in [2.24, 2.45) is 0 Å². The van der Waals surface area contributed by atoms with Gasteiger partial charge in [-0.1, -0.05) is 15.9 Å². The van der Waals surface area contributed by atoms with Crippen LogP contribution in [0.15, 0.2) is 27.1 Å². The summed E-state index contributed by atoms with van der Waals surface area (Å²) in [5, 5.41) is 9.58. The molecule has 0 saturated carbocycles. The summed E-state index contributed by atoms with van der Waals surface area (Å²) in [5.41, 5.74) is 0.641. The molecule has 1 saturated heterocycles. The quantitative estimate of drug-likeness (QED) is 0.834. The lowest BCUT2D eigenvalue weighted by Crippen LogP contribution is -2.42. The molecule has 1 atom stereocenters. The van der Waals surface area contributed by atoms with E-state index in [1.807, 2.05) is 12.1 Å². The monoisotopic (exact) mass is 361 g/mol. The normalized spacial score (nSPS) is 20.4. The first-order valence-electron chi connectivity index (χ1n) is 5.50. The third-order valence-electron chi connectivity index (χ3n) is 2.85. The number of hydrogen-bond acceptors (Lipinski definition) is 2. The number of halogens is 2. The van der Waals surface area contributed by atoms with Gasteiger partial charge in [0, 0.05) is 22.0 Å². The SMILES string of the molecule is O=C(c1ccc(Br)cc1Br)N1CCC[C@H](O)C1. The van der Waals surface area contributed by atoms with Crippen LogP contribution in [0.2, 0.25) is 0 Å². The standard InChI is InChI=1S/C12H13Br2NO2/c13-8-3-4-10(11(14)6-8)12(17)15-5-1-2-9(16)7-15/h3-4,6,9,16H,1-2,5,7H2/t9-/m0/s1. The second kappa shape index (κ2) is 5.50. The van der Waals surface area contributed by atoms with Gasteiger partial charge in [0.15, 0.2) is 0 Å². The van der Waals surface area contributed by atoms with Crippen molar-refractivity contribution in [3.63, 3.8) is 0 Å². The van der Waals surface area contributed by atoms with Crippen molar-refractivity contribution < 1.29 is 9.90 Å². The molecular weight excluding hydrogens is 350 g/mol. The van der Waals surface area contributed by atoms with Crippen LogP contribution in [0.3, 0.4) is 0 Å². The highest BCUT2D eigenvalue weighted by molar-refractivity contribution is 9.11. The van der Waals surface area contributed by atoms with Gasteiger partial charge in [0.2, 0.25) is 0 Å². The van der Waals surface area contributed by atoms with E-state index in [1.165, 1.54) is 0 Å². The number of hydrogen-bond donors (Lipinski definition) is 1. The number of piperidine rings is 1. The summed E-state index contributed by atoms with van der Waals surface area (Å²) >= 11 is 6.75. The van der Waals surface area contributed by atoms with E-state index >= 15 is 0 Å². The van der Waals surface area contributed by atoms with Gasteiger partial charge in [-0.25, -0.2) is 0 Å². The van der Waals surface area contributed by atoms with Gasteiger partial charge in [-0.2, -0.15) is 0 Å². The van der Waals surface area contributed by atoms with Crippen molar-refractivity contribution in [1.29, 1.82) is 0 Å². The number of aliphatic hydroxyl groups is 1. The van der Waals surface area contributed by atoms with Crippen LogP contribution in [0, 0.1) is 0 Å². The Kier molecular flexibility index (Phi) is 4.22. The summed E-state index contributed by atoms with van der Waals surface area (Å²) in [6.45, 7) is 1.15. The first-order valence-corrected chi connectivity index (χ1v) is 7.09. The number of aliphatic hydroxyl groups excluding tert-OH is 1. The zero-order valence-electron chi connectivity index (χ0n) is 9.20. The summed E-state index contributed by atoms with van der Waals surface area (Å²) in [6.07, 6.45) is 1.26. The minimum absolute atomic E-state index is 0.0249. The van der Waals surface area contributed by atoms with Crippen molar-refractivity contribution in [3.05, 3.63) is 32.7 Å². The molecule has 1 aromatic carbocycles. The van der Waals surface area contributed by atoms with Crippen molar-refractivity contribution in [2.75, 3.05) is 13.1 Å². The van der Waals surface area contributed by atoms with Crippen molar-refractivity contribution in [1.82, 2.24) is 4.90 Å². The molecular formula is C12H13Br2NO2. The number of amides is 1. The van der Waals surface area contributed by atoms with E-state index in [4.69, 9.17) is 0 Å². The van der Waals surface area contributed by atoms with Gasteiger partial charge in [0.25, 0.3) is 5.91 Å². The summed E-state index contributed by atoms with van der Waals surface area (Å²) < 4.78 is 1.71. The fraction of sp³-hybridized carbons (Fsp3) is 0.417. The van der Waals surface area contributed by atoms with Crippen LogP contribution >= 0.6 is 31.9 Å². The third-order valence-corrected chi connectivity index (χ3v) is 3.99. The first-order chi connectivity index (χ1) is 8.08. The third kappa shape index (κ3) is 3.09. The average molecular weight is 363 g/mol. The van der Waals surface area contributed by atoms with E-state index in [9.17, 15) is 9.90 Å². The molecule has 0 aromatic heterocycles. The van der Waals surface area contributed by atoms with Gasteiger partial charge in [0.05, 0.1) is 11.7 Å². The lowest BCUT2D eigenvalue weighted by atomic mass is 10.1. The molecule has 1 N–H and O–H groups in total. The average Bonchev–Trinajstić information content (AvgIpc) is 2.28. The summed E-state index contributed by atoms with van der Waals surface area (Å²) in [6, 6.07) is 5.49. The van der Waals surface area contributed by atoms with Crippen LogP contribution in [-0.4, -0.2) is 35.1 Å². The zero-order valence-corrected chi connectivity index (χ0v) is 12.4. The van der Waals surface area contributed by atoms with E-state index in [0.717, 1.165) is 28.3 Å². The molecule has 5 heteroatoms. The van der Waals surface area contributed by atoms with Crippen molar-refractivity contribution in [3.8, 4) is 0 Å². The smallest absolute Gasteiger partial charge is 0.255 e. The maximum Gasteiger partial charge on any atom is 0.255 e. The lowest BCUT2D eigenvalue weighted by molar-refractivity contribution is 0.0473. The Labute approximate surface area is 117 Å². The number of likely N-dealkylation sites (tertiary alicyclic amines) is 1. The number of carbonyl (C=O) groups is 1. The van der Waals surface area contributed by atoms with Crippen LogP contribution < -0.4 is 0 Å². The van der Waals surface area contributed by atoms with Gasteiger partial charge in [-0.15, -0.1) is 0 Å². The van der Waals surface area contributed by atoms with E-state index < -0.39 is 0 Å². The molecule has 2 rings (SSSR count). The molecule has 1 fully saturated rings. The van der Waals surface area contributed by atoms with E-state index in [2.05, 4.69) is 31.9 Å². The molecule has 3 nitrogen and oxygen atoms in total. The Morgan fingerprint density at radius 3 is 2.82 bits per heavy atom. The highest BCUT2D eigenvalue weighted by Crippen LogP contribution is 2.24. The number of nitrogens with zero attached hydrogens (tertiary/aromatic N) is 1. The van der Waals surface area contributed by atoms with Crippen LogP contribution in [0.1, 0.15) is 23.2 Å². The Morgan fingerprint density at radius 2 is 2.18 bits per heavy atom. The zero-order chi connectivity index (χ0) is 12.4. The molecule has 17 heavy (non-hydrogen) atoms. The number of benzene rings is 1. The molecule has 1 amide bonds. The molecule has 0 radical (unpaired) electrons. The second-order valence-electron chi connectivity index (χ2n) is 4.17. The maximum absolute atomic E-state index is 12.2. The molecule has 92 valence electrons. The van der Waals surface area contributed by atoms with Crippen LogP contribution in [0.4, 0.5) is 0 Å². The molecule has 1 aromatic rings.